The van der Waals surface area contributed by atoms with Crippen molar-refractivity contribution in [2.45, 2.75) is 17.9 Å². The standard InChI is InChI=1S/C12H18O4S2/c1-9(13)12-10(16-2)5-4-6-11(12)17-7-8-18(3,14)15/h4-6,9,13H,7-8H2,1-3H3/t9-/m1/s1. The van der Waals surface area contributed by atoms with Crippen LogP contribution in [-0.2, 0) is 9.84 Å². The van der Waals surface area contributed by atoms with E-state index in [1.807, 2.05) is 12.1 Å². The summed E-state index contributed by atoms with van der Waals surface area (Å²) < 4.78 is 27.4. The summed E-state index contributed by atoms with van der Waals surface area (Å²) in [6.45, 7) is 1.67. The molecule has 1 rings (SSSR count). The number of hydrogen-bond acceptors (Lipinski definition) is 5. The average Bonchev–Trinajstić information content (AvgIpc) is 2.26. The topological polar surface area (TPSA) is 63.6 Å². The molecule has 6 heteroatoms. The monoisotopic (exact) mass is 290 g/mol. The van der Waals surface area contributed by atoms with Crippen molar-refractivity contribution >= 4 is 21.6 Å². The lowest BCUT2D eigenvalue weighted by molar-refractivity contribution is 0.191. The molecule has 1 N–H and O–H groups in total. The molecule has 0 amide bonds. The fourth-order valence-corrected chi connectivity index (χ4v) is 3.91. The Hall–Kier alpha value is -0.720. The molecule has 4 nitrogen and oxygen atoms in total. The van der Waals surface area contributed by atoms with Crippen molar-refractivity contribution in [2.24, 2.45) is 0 Å². The summed E-state index contributed by atoms with van der Waals surface area (Å²) in [4.78, 5) is 0.855. The van der Waals surface area contributed by atoms with Gasteiger partial charge in [-0.05, 0) is 19.1 Å². The molecule has 1 aromatic carbocycles. The number of rotatable bonds is 6. The molecule has 0 heterocycles. The Morgan fingerprint density at radius 2 is 2.11 bits per heavy atom. The number of aliphatic hydroxyl groups is 1. The number of benzene rings is 1. The zero-order valence-corrected chi connectivity index (χ0v) is 12.3. The number of methoxy groups -OCH3 is 1. The van der Waals surface area contributed by atoms with Crippen molar-refractivity contribution in [3.63, 3.8) is 0 Å². The average molecular weight is 290 g/mol. The highest BCUT2D eigenvalue weighted by atomic mass is 32.2. The molecule has 0 aliphatic heterocycles. The summed E-state index contributed by atoms with van der Waals surface area (Å²) in [6, 6.07) is 5.47. The molecule has 18 heavy (non-hydrogen) atoms. The van der Waals surface area contributed by atoms with Gasteiger partial charge in [0.05, 0.1) is 19.0 Å². The molecule has 1 aromatic rings. The molecule has 0 saturated heterocycles. The smallest absolute Gasteiger partial charge is 0.148 e. The Bertz CT molecular complexity index is 495. The van der Waals surface area contributed by atoms with Crippen LogP contribution in [0.15, 0.2) is 23.1 Å². The SMILES string of the molecule is COc1cccc(SCCS(C)(=O)=O)c1[C@@H](C)O. The third-order valence-corrected chi connectivity index (χ3v) is 4.65. The minimum atomic E-state index is -2.96. The molecule has 0 fully saturated rings. The van der Waals surface area contributed by atoms with Gasteiger partial charge in [-0.3, -0.25) is 0 Å². The van der Waals surface area contributed by atoms with Crippen LogP contribution in [0.1, 0.15) is 18.6 Å². The third kappa shape index (κ3) is 4.51. The molecule has 0 aliphatic rings. The van der Waals surface area contributed by atoms with E-state index in [-0.39, 0.29) is 5.75 Å². The molecule has 1 atom stereocenters. The first-order chi connectivity index (χ1) is 8.35. The van der Waals surface area contributed by atoms with Crippen LogP contribution in [0.3, 0.4) is 0 Å². The molecule has 0 unspecified atom stereocenters. The van der Waals surface area contributed by atoms with Crippen LogP contribution in [0, 0.1) is 0 Å². The molecular formula is C12H18O4S2. The lowest BCUT2D eigenvalue weighted by Gasteiger charge is -2.15. The first kappa shape index (κ1) is 15.3. The Morgan fingerprint density at radius 3 is 2.61 bits per heavy atom. The van der Waals surface area contributed by atoms with Gasteiger partial charge in [0.25, 0.3) is 0 Å². The van der Waals surface area contributed by atoms with E-state index in [1.54, 1.807) is 20.1 Å². The Kier molecular flexibility index (Phi) is 5.49. The summed E-state index contributed by atoms with van der Waals surface area (Å²) in [5, 5.41) is 9.76. The van der Waals surface area contributed by atoms with E-state index < -0.39 is 15.9 Å². The van der Waals surface area contributed by atoms with Gasteiger partial charge in [-0.1, -0.05) is 6.07 Å². The molecule has 0 radical (unpaired) electrons. The van der Waals surface area contributed by atoms with Crippen LogP contribution in [0.5, 0.6) is 5.75 Å². The number of sulfone groups is 1. The Balaban J connectivity index is 2.88. The lowest BCUT2D eigenvalue weighted by atomic mass is 10.1. The summed E-state index contributed by atoms with van der Waals surface area (Å²) in [5.74, 6) is 1.20. The number of thioether (sulfide) groups is 1. The molecule has 0 saturated carbocycles. The highest BCUT2D eigenvalue weighted by Gasteiger charge is 2.14. The molecule has 102 valence electrons. The molecule has 0 aromatic heterocycles. The number of aliphatic hydroxyl groups excluding tert-OH is 1. The van der Waals surface area contributed by atoms with Crippen molar-refractivity contribution in [3.8, 4) is 5.75 Å². The van der Waals surface area contributed by atoms with Crippen molar-refractivity contribution in [2.75, 3.05) is 24.9 Å². The summed E-state index contributed by atoms with van der Waals surface area (Å²) in [7, 11) is -1.41. The van der Waals surface area contributed by atoms with Crippen LogP contribution < -0.4 is 4.74 Å². The summed E-state index contributed by atoms with van der Waals surface area (Å²) in [6.07, 6.45) is 0.566. The van der Waals surface area contributed by atoms with Gasteiger partial charge in [0.2, 0.25) is 0 Å². The predicted octanol–water partition coefficient (Wildman–Crippen LogP) is 1.89. The maximum atomic E-state index is 11.1. The quantitative estimate of drug-likeness (QED) is 0.811. The zero-order chi connectivity index (χ0) is 13.8. The first-order valence-corrected chi connectivity index (χ1v) is 8.55. The second kappa shape index (κ2) is 6.45. The van der Waals surface area contributed by atoms with Crippen LogP contribution in [0.2, 0.25) is 0 Å². The van der Waals surface area contributed by atoms with Gasteiger partial charge < -0.3 is 9.84 Å². The van der Waals surface area contributed by atoms with Crippen LogP contribution in [-0.4, -0.2) is 38.4 Å². The second-order valence-electron chi connectivity index (χ2n) is 4.03. The predicted molar refractivity (Wildman–Crippen MR) is 74.1 cm³/mol. The summed E-state index contributed by atoms with van der Waals surface area (Å²) >= 11 is 1.41. The largest absolute Gasteiger partial charge is 0.496 e. The highest BCUT2D eigenvalue weighted by molar-refractivity contribution is 8.00. The van der Waals surface area contributed by atoms with E-state index in [1.165, 1.54) is 18.0 Å². The highest BCUT2D eigenvalue weighted by Crippen LogP contribution is 2.34. The van der Waals surface area contributed by atoms with E-state index in [2.05, 4.69) is 0 Å². The summed E-state index contributed by atoms with van der Waals surface area (Å²) in [5.41, 5.74) is 0.707. The van der Waals surface area contributed by atoms with Crippen LogP contribution >= 0.6 is 11.8 Å². The van der Waals surface area contributed by atoms with Gasteiger partial charge in [-0.25, -0.2) is 8.42 Å². The van der Waals surface area contributed by atoms with E-state index in [9.17, 15) is 13.5 Å². The van der Waals surface area contributed by atoms with Gasteiger partial charge in [0, 0.05) is 22.5 Å². The second-order valence-corrected chi connectivity index (χ2v) is 7.42. The van der Waals surface area contributed by atoms with Gasteiger partial charge in [0.1, 0.15) is 15.6 Å². The fourth-order valence-electron chi connectivity index (χ4n) is 1.54. The van der Waals surface area contributed by atoms with Crippen molar-refractivity contribution in [1.29, 1.82) is 0 Å². The number of ether oxygens (including phenoxy) is 1. The maximum absolute atomic E-state index is 11.1. The normalized spacial score (nSPS) is 13.3. The Morgan fingerprint density at radius 1 is 1.44 bits per heavy atom. The Labute approximate surface area is 112 Å². The molecule has 0 aliphatic carbocycles. The van der Waals surface area contributed by atoms with E-state index in [4.69, 9.17) is 4.74 Å². The zero-order valence-electron chi connectivity index (χ0n) is 10.7. The van der Waals surface area contributed by atoms with E-state index >= 15 is 0 Å². The van der Waals surface area contributed by atoms with Gasteiger partial charge >= 0.3 is 0 Å². The van der Waals surface area contributed by atoms with E-state index in [0.717, 1.165) is 4.90 Å². The van der Waals surface area contributed by atoms with Gasteiger partial charge in [-0.2, -0.15) is 0 Å². The third-order valence-electron chi connectivity index (χ3n) is 2.38. The van der Waals surface area contributed by atoms with Crippen molar-refractivity contribution in [3.05, 3.63) is 23.8 Å². The van der Waals surface area contributed by atoms with Crippen LogP contribution in [0.25, 0.3) is 0 Å². The van der Waals surface area contributed by atoms with Crippen LogP contribution in [0.4, 0.5) is 0 Å². The molecular weight excluding hydrogens is 272 g/mol. The molecule has 0 spiro atoms. The maximum Gasteiger partial charge on any atom is 0.148 e. The minimum Gasteiger partial charge on any atom is -0.496 e. The first-order valence-electron chi connectivity index (χ1n) is 5.50. The van der Waals surface area contributed by atoms with E-state index in [0.29, 0.717) is 17.1 Å². The fraction of sp³-hybridized carbons (Fsp3) is 0.500. The lowest BCUT2D eigenvalue weighted by Crippen LogP contribution is -2.06. The number of hydrogen-bond donors (Lipinski definition) is 1. The van der Waals surface area contributed by atoms with Crippen molar-refractivity contribution < 1.29 is 18.3 Å². The van der Waals surface area contributed by atoms with Gasteiger partial charge in [0.15, 0.2) is 0 Å². The minimum absolute atomic E-state index is 0.119. The van der Waals surface area contributed by atoms with Crippen molar-refractivity contribution in [1.82, 2.24) is 0 Å². The molecule has 0 bridgehead atoms. The van der Waals surface area contributed by atoms with Gasteiger partial charge in [-0.15, -0.1) is 11.8 Å².